The van der Waals surface area contributed by atoms with E-state index in [0.29, 0.717) is 0 Å². The molecular weight excluding hydrogens is 415 g/mol. The maximum atomic E-state index is 11.1. The van der Waals surface area contributed by atoms with E-state index < -0.39 is 10.4 Å². The van der Waals surface area contributed by atoms with E-state index in [9.17, 15) is 10.0 Å². The highest BCUT2D eigenvalue weighted by molar-refractivity contribution is 14.1. The molecule has 1 amide bonds. The van der Waals surface area contributed by atoms with Crippen molar-refractivity contribution >= 4 is 39.2 Å². The Labute approximate surface area is 139 Å². The van der Waals surface area contributed by atoms with E-state index in [-0.39, 0.29) is 25.9 Å². The van der Waals surface area contributed by atoms with Gasteiger partial charge in [0, 0.05) is 25.8 Å². The number of hydroxylamine groups is 2. The SMILES string of the molecule is CC(=O)NC1CC(C)(C)[N+](O)(I)C(C)(C)C1.O=S(=O)([O-])O. The van der Waals surface area contributed by atoms with Crippen LogP contribution in [0.5, 0.6) is 0 Å². The zero-order valence-electron chi connectivity index (χ0n) is 12.8. The third kappa shape index (κ3) is 6.32. The predicted octanol–water partition coefficient (Wildman–Crippen LogP) is 1.40. The van der Waals surface area contributed by atoms with Crippen LogP contribution in [-0.2, 0) is 15.2 Å². The van der Waals surface area contributed by atoms with Gasteiger partial charge in [-0.3, -0.25) is 9.35 Å². The molecular formula is C11H23IN2O6S. The van der Waals surface area contributed by atoms with Crippen LogP contribution in [0, 0.1) is 0 Å². The quantitative estimate of drug-likeness (QED) is 0.246. The first kappa shape index (κ1) is 21.0. The molecule has 10 heteroatoms. The summed E-state index contributed by atoms with van der Waals surface area (Å²) < 4.78 is 32.8. The minimum atomic E-state index is -4.92. The van der Waals surface area contributed by atoms with Gasteiger partial charge in [0.2, 0.25) is 16.3 Å². The molecule has 0 spiro atoms. The van der Waals surface area contributed by atoms with Crippen molar-refractivity contribution in [2.24, 2.45) is 0 Å². The molecule has 0 unspecified atom stereocenters. The molecule has 0 aliphatic carbocycles. The number of carbonyl (C=O) groups is 1. The molecule has 1 heterocycles. The molecule has 8 nitrogen and oxygen atoms in total. The molecule has 1 fully saturated rings. The Morgan fingerprint density at radius 3 is 1.81 bits per heavy atom. The van der Waals surface area contributed by atoms with E-state index in [1.54, 1.807) is 6.92 Å². The average Bonchev–Trinajstić information content (AvgIpc) is 2.08. The molecule has 0 aromatic carbocycles. The summed E-state index contributed by atoms with van der Waals surface area (Å²) in [6, 6.07) is 0.149. The molecule has 0 bridgehead atoms. The third-order valence-electron chi connectivity index (χ3n) is 3.50. The zero-order valence-corrected chi connectivity index (χ0v) is 15.7. The van der Waals surface area contributed by atoms with E-state index in [0.717, 1.165) is 12.8 Å². The maximum absolute atomic E-state index is 11.1. The fourth-order valence-electron chi connectivity index (χ4n) is 2.73. The largest absolute Gasteiger partial charge is 0.726 e. The second-order valence-electron chi connectivity index (χ2n) is 6.41. The number of hydrogen-bond acceptors (Lipinski definition) is 5. The van der Waals surface area contributed by atoms with Crippen LogP contribution in [-0.4, -0.2) is 48.6 Å². The number of quaternary nitrogens is 1. The Morgan fingerprint density at radius 1 is 1.29 bits per heavy atom. The summed E-state index contributed by atoms with van der Waals surface area (Å²) in [5.74, 6) is 0.00278. The Hall–Kier alpha value is -0.0100. The standard InChI is InChI=1S/C11H21IN2O2.H2O4S/c1-8(15)13-9-6-10(2,3)14(12,16)11(4,5)7-9;1-5(2,3)4/h9,16H,6-7H2,1-5H3;(H2,1,2,3,4). The molecule has 0 aromatic heterocycles. The lowest BCUT2D eigenvalue weighted by atomic mass is 9.79. The fourth-order valence-corrected chi connectivity index (χ4v) is 3.12. The van der Waals surface area contributed by atoms with Gasteiger partial charge in [0.05, 0.1) is 0 Å². The van der Waals surface area contributed by atoms with Crippen LogP contribution < -0.4 is 5.32 Å². The monoisotopic (exact) mass is 438 g/mol. The molecule has 0 saturated carbocycles. The van der Waals surface area contributed by atoms with E-state index in [4.69, 9.17) is 17.5 Å². The van der Waals surface area contributed by atoms with Gasteiger partial charge in [-0.1, -0.05) is 0 Å². The highest BCUT2D eigenvalue weighted by Crippen LogP contribution is 2.47. The molecule has 0 atom stereocenters. The molecule has 1 rings (SSSR count). The second kappa shape index (κ2) is 6.62. The van der Waals surface area contributed by atoms with E-state index in [1.165, 1.54) is 0 Å². The van der Waals surface area contributed by atoms with Gasteiger partial charge in [0.15, 0.2) is 0 Å². The smallest absolute Gasteiger partial charge is 0.288 e. The number of piperidine rings is 1. The first-order chi connectivity index (χ1) is 8.99. The minimum absolute atomic E-state index is 0.00278. The van der Waals surface area contributed by atoms with Gasteiger partial charge in [-0.25, -0.2) is 13.6 Å². The Kier molecular flexibility index (Phi) is 6.62. The number of nitrogens with one attached hydrogen (secondary N) is 1. The second-order valence-corrected chi connectivity index (χ2v) is 8.67. The lowest BCUT2D eigenvalue weighted by Gasteiger charge is -2.53. The number of nitrogens with zero attached hydrogens (tertiary/aromatic N) is 1. The van der Waals surface area contributed by atoms with E-state index in [2.05, 4.69) is 28.2 Å². The molecule has 21 heavy (non-hydrogen) atoms. The van der Waals surface area contributed by atoms with Crippen LogP contribution in [0.25, 0.3) is 0 Å². The molecule has 1 aliphatic heterocycles. The first-order valence-corrected chi connectivity index (χ1v) is 8.60. The van der Waals surface area contributed by atoms with Gasteiger partial charge >= 0.3 is 0 Å². The minimum Gasteiger partial charge on any atom is -0.726 e. The molecule has 3 N–H and O–H groups in total. The van der Waals surface area contributed by atoms with Crippen molar-refractivity contribution in [3.63, 3.8) is 0 Å². The van der Waals surface area contributed by atoms with Gasteiger partial charge in [0.25, 0.3) is 22.9 Å². The predicted molar refractivity (Wildman–Crippen MR) is 83.4 cm³/mol. The normalized spacial score (nSPS) is 30.8. The van der Waals surface area contributed by atoms with E-state index >= 15 is 0 Å². The lowest BCUT2D eigenvalue weighted by molar-refractivity contribution is -1.04. The highest BCUT2D eigenvalue weighted by atomic mass is 127. The fraction of sp³-hybridized carbons (Fsp3) is 0.909. The topological polar surface area (TPSA) is 127 Å². The molecule has 1 aliphatic rings. The van der Waals surface area contributed by atoms with E-state index in [1.807, 2.05) is 27.7 Å². The van der Waals surface area contributed by atoms with Gasteiger partial charge < -0.3 is 9.87 Å². The summed E-state index contributed by atoms with van der Waals surface area (Å²) >= 11 is 2.10. The maximum Gasteiger partial charge on any atom is 0.288 e. The summed E-state index contributed by atoms with van der Waals surface area (Å²) in [5, 5.41) is 13.6. The van der Waals surface area contributed by atoms with Crippen LogP contribution in [0.2, 0.25) is 0 Å². The summed E-state index contributed by atoms with van der Waals surface area (Å²) in [7, 11) is -4.92. The van der Waals surface area contributed by atoms with Crippen molar-refractivity contribution in [3.05, 3.63) is 0 Å². The molecule has 0 radical (unpaired) electrons. The van der Waals surface area contributed by atoms with Crippen LogP contribution in [0.1, 0.15) is 47.5 Å². The number of carbonyl (C=O) groups excluding carboxylic acids is 1. The number of hydrogen-bond donors (Lipinski definition) is 3. The van der Waals surface area contributed by atoms with Crippen molar-refractivity contribution in [1.29, 1.82) is 0 Å². The Balaban J connectivity index is 0.000000690. The van der Waals surface area contributed by atoms with Crippen molar-refractivity contribution in [2.75, 3.05) is 0 Å². The Bertz CT molecular complexity index is 461. The van der Waals surface area contributed by atoms with Crippen LogP contribution in [0.3, 0.4) is 0 Å². The summed E-state index contributed by atoms with van der Waals surface area (Å²) in [4.78, 5) is 11.1. The number of rotatable bonds is 1. The van der Waals surface area contributed by atoms with Crippen molar-refractivity contribution in [1.82, 2.24) is 5.32 Å². The summed E-state index contributed by atoms with van der Waals surface area (Å²) in [6.07, 6.45) is 1.57. The number of amides is 1. The first-order valence-electron chi connectivity index (χ1n) is 6.27. The van der Waals surface area contributed by atoms with Crippen molar-refractivity contribution in [2.45, 2.75) is 64.6 Å². The van der Waals surface area contributed by atoms with Gasteiger partial charge in [-0.15, -0.1) is 2.86 Å². The zero-order chi connectivity index (χ0) is 17.3. The van der Waals surface area contributed by atoms with Crippen molar-refractivity contribution in [3.8, 4) is 0 Å². The van der Waals surface area contributed by atoms with Crippen LogP contribution in [0.15, 0.2) is 0 Å². The molecule has 0 aromatic rings. The molecule has 126 valence electrons. The van der Waals surface area contributed by atoms with Crippen LogP contribution in [0.4, 0.5) is 0 Å². The van der Waals surface area contributed by atoms with Crippen LogP contribution >= 0.6 is 22.9 Å². The van der Waals surface area contributed by atoms with Crippen molar-refractivity contribution < 1.29 is 30.4 Å². The molecule has 1 saturated heterocycles. The lowest BCUT2D eigenvalue weighted by Crippen LogP contribution is -2.69. The number of halogens is 1. The summed E-state index contributed by atoms with van der Waals surface area (Å²) in [5.41, 5.74) is -0.537. The highest BCUT2D eigenvalue weighted by Gasteiger charge is 2.59. The van der Waals surface area contributed by atoms with Gasteiger partial charge in [-0.2, -0.15) is 0 Å². The summed E-state index contributed by atoms with van der Waals surface area (Å²) in [6.45, 7) is 9.69. The average molecular weight is 438 g/mol. The van der Waals surface area contributed by atoms with Gasteiger partial charge in [-0.05, 0) is 27.7 Å². The van der Waals surface area contributed by atoms with Gasteiger partial charge in [0.1, 0.15) is 11.1 Å². The third-order valence-corrected chi connectivity index (χ3v) is 6.12. The Morgan fingerprint density at radius 2 is 1.57 bits per heavy atom.